The third-order valence-electron chi connectivity index (χ3n) is 2.23. The Balaban J connectivity index is 3.68. The molecule has 0 aliphatic rings. The lowest BCUT2D eigenvalue weighted by Crippen LogP contribution is -2.38. The third kappa shape index (κ3) is 9.44. The molecule has 0 aliphatic heterocycles. The van der Waals surface area contributed by atoms with Gasteiger partial charge in [0.15, 0.2) is 0 Å². The lowest BCUT2D eigenvalue weighted by atomic mass is 10.1. The Morgan fingerprint density at radius 2 is 2.06 bits per heavy atom. The van der Waals surface area contributed by atoms with Crippen molar-refractivity contribution in [2.24, 2.45) is 5.11 Å². The van der Waals surface area contributed by atoms with E-state index in [0.717, 1.165) is 12.8 Å². The van der Waals surface area contributed by atoms with E-state index in [4.69, 9.17) is 15.7 Å². The summed E-state index contributed by atoms with van der Waals surface area (Å²) in [4.78, 5) is 24.4. The van der Waals surface area contributed by atoms with Gasteiger partial charge in [-0.05, 0) is 18.4 Å². The van der Waals surface area contributed by atoms with Crippen molar-refractivity contribution in [2.45, 2.75) is 38.1 Å². The molecule has 0 aromatic carbocycles. The maximum atomic E-state index is 11.4. The van der Waals surface area contributed by atoms with E-state index in [1.165, 1.54) is 0 Å². The number of aliphatic carboxylic acids is 1. The molecular weight excluding hydrogens is 240 g/mol. The van der Waals surface area contributed by atoms with E-state index in [1.807, 2.05) is 0 Å². The van der Waals surface area contributed by atoms with Crippen LogP contribution >= 0.6 is 0 Å². The standard InChI is InChI=1S/C10H18N4O4/c11-14-12-5-3-1-2-4-9(16)13-8(7-15)6-10(17)18/h8,15H,1-7H2,(H,13,16)(H,17,18). The highest BCUT2D eigenvalue weighted by Gasteiger charge is 2.14. The normalized spacial score (nSPS) is 11.4. The molecule has 0 saturated carbocycles. The molecule has 0 aromatic heterocycles. The zero-order valence-electron chi connectivity index (χ0n) is 10.1. The SMILES string of the molecule is [N-]=[N+]=NCCCCCC(=O)NC(CO)CC(=O)O. The third-order valence-corrected chi connectivity index (χ3v) is 2.23. The van der Waals surface area contributed by atoms with Gasteiger partial charge >= 0.3 is 5.97 Å². The predicted molar refractivity (Wildman–Crippen MR) is 63.8 cm³/mol. The van der Waals surface area contributed by atoms with Gasteiger partial charge in [-0.1, -0.05) is 11.5 Å². The van der Waals surface area contributed by atoms with Gasteiger partial charge in [0, 0.05) is 17.9 Å². The van der Waals surface area contributed by atoms with Gasteiger partial charge in [0.25, 0.3) is 0 Å². The summed E-state index contributed by atoms with van der Waals surface area (Å²) in [6.45, 7) is 0.0192. The number of azide groups is 1. The van der Waals surface area contributed by atoms with Gasteiger partial charge in [-0.3, -0.25) is 9.59 Å². The smallest absolute Gasteiger partial charge is 0.305 e. The number of aliphatic hydroxyl groups excluding tert-OH is 1. The Bertz CT molecular complexity index is 315. The maximum Gasteiger partial charge on any atom is 0.305 e. The van der Waals surface area contributed by atoms with Crippen LogP contribution in [-0.4, -0.2) is 41.3 Å². The number of carbonyl (C=O) groups excluding carboxylic acids is 1. The van der Waals surface area contributed by atoms with E-state index >= 15 is 0 Å². The first-order valence-electron chi connectivity index (χ1n) is 5.73. The van der Waals surface area contributed by atoms with Gasteiger partial charge in [-0.15, -0.1) is 0 Å². The molecule has 3 N–H and O–H groups in total. The highest BCUT2D eigenvalue weighted by molar-refractivity contribution is 5.77. The van der Waals surface area contributed by atoms with Gasteiger partial charge in [-0.25, -0.2) is 0 Å². The van der Waals surface area contributed by atoms with Crippen LogP contribution < -0.4 is 5.32 Å². The van der Waals surface area contributed by atoms with Crippen molar-refractivity contribution in [2.75, 3.05) is 13.2 Å². The fourth-order valence-electron chi connectivity index (χ4n) is 1.36. The van der Waals surface area contributed by atoms with Crippen LogP contribution in [0.5, 0.6) is 0 Å². The summed E-state index contributed by atoms with van der Waals surface area (Å²) in [6.07, 6.45) is 2.09. The molecule has 0 spiro atoms. The molecule has 8 nitrogen and oxygen atoms in total. The topological polar surface area (TPSA) is 135 Å². The molecule has 102 valence electrons. The predicted octanol–water partition coefficient (Wildman–Crippen LogP) is 0.809. The van der Waals surface area contributed by atoms with Crippen molar-refractivity contribution >= 4 is 11.9 Å². The molecule has 0 aliphatic carbocycles. The first kappa shape index (κ1) is 16.2. The van der Waals surface area contributed by atoms with Gasteiger partial charge in [-0.2, -0.15) is 0 Å². The molecule has 1 amide bonds. The number of carbonyl (C=O) groups is 2. The van der Waals surface area contributed by atoms with Crippen LogP contribution in [0.25, 0.3) is 10.4 Å². The molecule has 0 fully saturated rings. The quantitative estimate of drug-likeness (QED) is 0.231. The summed E-state index contributed by atoms with van der Waals surface area (Å²) in [6, 6.07) is -0.738. The van der Waals surface area contributed by atoms with Crippen LogP contribution in [-0.2, 0) is 9.59 Å². The summed E-state index contributed by atoms with van der Waals surface area (Å²) in [7, 11) is 0. The molecule has 0 heterocycles. The maximum absolute atomic E-state index is 11.4. The minimum atomic E-state index is -1.07. The Hall–Kier alpha value is -1.79. The largest absolute Gasteiger partial charge is 0.481 e. The molecule has 0 aromatic rings. The van der Waals surface area contributed by atoms with E-state index in [2.05, 4.69) is 15.3 Å². The van der Waals surface area contributed by atoms with Crippen LogP contribution in [0.4, 0.5) is 0 Å². The molecule has 0 bridgehead atoms. The van der Waals surface area contributed by atoms with Crippen LogP contribution in [0.1, 0.15) is 32.1 Å². The number of hydrogen-bond donors (Lipinski definition) is 3. The van der Waals surface area contributed by atoms with Crippen molar-refractivity contribution in [1.82, 2.24) is 5.32 Å². The molecule has 1 atom stereocenters. The van der Waals surface area contributed by atoms with E-state index in [-0.39, 0.29) is 18.7 Å². The second-order valence-electron chi connectivity index (χ2n) is 3.81. The molecule has 8 heteroatoms. The first-order chi connectivity index (χ1) is 8.60. The zero-order valence-corrected chi connectivity index (χ0v) is 10.1. The molecule has 18 heavy (non-hydrogen) atoms. The number of aliphatic hydroxyl groups is 1. The first-order valence-corrected chi connectivity index (χ1v) is 5.73. The van der Waals surface area contributed by atoms with Gasteiger partial charge in [0.1, 0.15) is 0 Å². The summed E-state index contributed by atoms with van der Waals surface area (Å²) < 4.78 is 0. The van der Waals surface area contributed by atoms with Crippen molar-refractivity contribution in [3.05, 3.63) is 10.4 Å². The van der Waals surface area contributed by atoms with E-state index in [0.29, 0.717) is 13.0 Å². The Morgan fingerprint density at radius 1 is 1.33 bits per heavy atom. The number of unbranched alkanes of at least 4 members (excludes halogenated alkanes) is 2. The van der Waals surface area contributed by atoms with Gasteiger partial charge < -0.3 is 15.5 Å². The minimum absolute atomic E-state index is 0.270. The number of carboxylic acid groups (broad SMARTS) is 1. The monoisotopic (exact) mass is 258 g/mol. The molecule has 0 rings (SSSR count). The second kappa shape index (κ2) is 10.4. The average molecular weight is 258 g/mol. The fourth-order valence-corrected chi connectivity index (χ4v) is 1.36. The summed E-state index contributed by atoms with van der Waals surface area (Å²) in [5.74, 6) is -1.34. The van der Waals surface area contributed by atoms with E-state index in [9.17, 15) is 9.59 Å². The Labute approximate surface area is 105 Å². The van der Waals surface area contributed by atoms with Crippen LogP contribution in [0.15, 0.2) is 5.11 Å². The lowest BCUT2D eigenvalue weighted by molar-refractivity contribution is -0.138. The van der Waals surface area contributed by atoms with Gasteiger partial charge in [0.05, 0.1) is 19.1 Å². The fraction of sp³-hybridized carbons (Fsp3) is 0.800. The van der Waals surface area contributed by atoms with Crippen LogP contribution in [0.2, 0.25) is 0 Å². The van der Waals surface area contributed by atoms with Crippen LogP contribution in [0.3, 0.4) is 0 Å². The average Bonchev–Trinajstić information content (AvgIpc) is 2.32. The summed E-state index contributed by atoms with van der Waals surface area (Å²) >= 11 is 0. The number of hydrogen-bond acceptors (Lipinski definition) is 4. The zero-order chi connectivity index (χ0) is 13.8. The molecule has 0 radical (unpaired) electrons. The van der Waals surface area contributed by atoms with Crippen molar-refractivity contribution < 1.29 is 19.8 Å². The van der Waals surface area contributed by atoms with Crippen molar-refractivity contribution in [3.8, 4) is 0 Å². The van der Waals surface area contributed by atoms with E-state index < -0.39 is 18.6 Å². The molecular formula is C10H18N4O4. The van der Waals surface area contributed by atoms with Crippen LogP contribution in [0, 0.1) is 0 Å². The Morgan fingerprint density at radius 3 is 2.61 bits per heavy atom. The van der Waals surface area contributed by atoms with Gasteiger partial charge in [0.2, 0.25) is 5.91 Å². The summed E-state index contributed by atoms with van der Waals surface area (Å²) in [5, 5.41) is 23.2. The number of carboxylic acids is 1. The van der Waals surface area contributed by atoms with E-state index in [1.54, 1.807) is 0 Å². The molecule has 0 saturated heterocycles. The highest BCUT2D eigenvalue weighted by Crippen LogP contribution is 2.01. The number of nitrogens with zero attached hydrogens (tertiary/aromatic N) is 3. The highest BCUT2D eigenvalue weighted by atomic mass is 16.4. The number of nitrogens with one attached hydrogen (secondary N) is 1. The summed E-state index contributed by atoms with van der Waals surface area (Å²) in [5.41, 5.74) is 8.03. The Kier molecular flexibility index (Phi) is 9.34. The van der Waals surface area contributed by atoms with Crippen molar-refractivity contribution in [3.63, 3.8) is 0 Å². The number of amides is 1. The second-order valence-corrected chi connectivity index (χ2v) is 3.81. The number of rotatable bonds is 10. The lowest BCUT2D eigenvalue weighted by Gasteiger charge is -2.13. The minimum Gasteiger partial charge on any atom is -0.481 e. The molecule has 1 unspecified atom stereocenters. The van der Waals surface area contributed by atoms with Crippen molar-refractivity contribution in [1.29, 1.82) is 0 Å².